The number of hydrogen-bond acceptors (Lipinski definition) is 4. The van der Waals surface area contributed by atoms with E-state index in [1.165, 1.54) is 5.56 Å². The Morgan fingerprint density at radius 3 is 2.84 bits per heavy atom. The van der Waals surface area contributed by atoms with Gasteiger partial charge in [0.2, 0.25) is 0 Å². The highest BCUT2D eigenvalue weighted by molar-refractivity contribution is 5.67. The van der Waals surface area contributed by atoms with Crippen LogP contribution in [0.4, 0.5) is 0 Å². The van der Waals surface area contributed by atoms with E-state index in [9.17, 15) is 0 Å². The topological polar surface area (TPSA) is 58.8 Å². The van der Waals surface area contributed by atoms with E-state index in [4.69, 9.17) is 10.00 Å². The van der Waals surface area contributed by atoms with Crippen molar-refractivity contribution < 1.29 is 4.74 Å². The van der Waals surface area contributed by atoms with Crippen LogP contribution in [0.25, 0.3) is 11.3 Å². The minimum absolute atomic E-state index is 0.212. The number of benzene rings is 1. The maximum atomic E-state index is 8.71. The fourth-order valence-electron chi connectivity index (χ4n) is 1.88. The minimum atomic E-state index is 0.212. The van der Waals surface area contributed by atoms with Gasteiger partial charge in [-0.15, -0.1) is 0 Å². The van der Waals surface area contributed by atoms with E-state index >= 15 is 0 Å². The zero-order valence-electron chi connectivity index (χ0n) is 11.1. The summed E-state index contributed by atoms with van der Waals surface area (Å²) in [5.41, 5.74) is 2.94. The molecule has 0 spiro atoms. The van der Waals surface area contributed by atoms with Crippen molar-refractivity contribution in [3.05, 3.63) is 41.9 Å². The van der Waals surface area contributed by atoms with Crippen LogP contribution in [0.1, 0.15) is 18.3 Å². The molecular formula is C15H15N3O. The fraction of sp³-hybridized carbons (Fsp3) is 0.267. The van der Waals surface area contributed by atoms with Crippen LogP contribution < -0.4 is 4.74 Å². The first-order chi connectivity index (χ1) is 9.28. The highest BCUT2D eigenvalue weighted by Gasteiger charge is 2.09. The summed E-state index contributed by atoms with van der Waals surface area (Å²) in [7, 11) is 1.64. The fourth-order valence-corrected chi connectivity index (χ4v) is 1.88. The molecule has 19 heavy (non-hydrogen) atoms. The Labute approximate surface area is 112 Å². The molecule has 0 saturated carbocycles. The number of nitriles is 1. The third-order valence-corrected chi connectivity index (χ3v) is 2.89. The predicted octanol–water partition coefficient (Wildman–Crippen LogP) is 2.78. The van der Waals surface area contributed by atoms with Gasteiger partial charge in [-0.25, -0.2) is 9.97 Å². The molecule has 0 bridgehead atoms. The number of ether oxygens (including phenoxy) is 1. The average Bonchev–Trinajstić information content (AvgIpc) is 2.47. The molecule has 0 radical (unpaired) electrons. The molecule has 4 nitrogen and oxygen atoms in total. The van der Waals surface area contributed by atoms with Gasteiger partial charge in [0.15, 0.2) is 0 Å². The van der Waals surface area contributed by atoms with E-state index in [1.54, 1.807) is 13.3 Å². The van der Waals surface area contributed by atoms with Gasteiger partial charge in [-0.2, -0.15) is 5.26 Å². The summed E-state index contributed by atoms with van der Waals surface area (Å²) in [6, 6.07) is 9.94. The lowest BCUT2D eigenvalue weighted by Crippen LogP contribution is -1.97. The molecule has 0 saturated heterocycles. The monoisotopic (exact) mass is 253 g/mol. The van der Waals surface area contributed by atoms with Crippen LogP contribution in [-0.4, -0.2) is 17.1 Å². The van der Waals surface area contributed by atoms with Gasteiger partial charge in [0.1, 0.15) is 11.6 Å². The first-order valence-electron chi connectivity index (χ1n) is 6.14. The van der Waals surface area contributed by atoms with Crippen molar-refractivity contribution in [3.63, 3.8) is 0 Å². The molecule has 0 N–H and O–H groups in total. The molecule has 96 valence electrons. The van der Waals surface area contributed by atoms with E-state index in [2.05, 4.69) is 29.0 Å². The van der Waals surface area contributed by atoms with Gasteiger partial charge in [0, 0.05) is 11.8 Å². The number of rotatable bonds is 4. The molecule has 0 aliphatic heterocycles. The lowest BCUT2D eigenvalue weighted by atomic mass is 10.0. The second-order valence-electron chi connectivity index (χ2n) is 4.08. The summed E-state index contributed by atoms with van der Waals surface area (Å²) in [5.74, 6) is 1.31. The molecule has 4 heteroatoms. The molecule has 0 amide bonds. The van der Waals surface area contributed by atoms with Crippen molar-refractivity contribution in [1.82, 2.24) is 9.97 Å². The summed E-state index contributed by atoms with van der Waals surface area (Å²) in [5, 5.41) is 8.71. The molecule has 0 atom stereocenters. The summed E-state index contributed by atoms with van der Waals surface area (Å²) in [6.45, 7) is 2.10. The Kier molecular flexibility index (Phi) is 4.09. The third-order valence-electron chi connectivity index (χ3n) is 2.89. The van der Waals surface area contributed by atoms with Gasteiger partial charge in [0.05, 0.1) is 25.3 Å². The van der Waals surface area contributed by atoms with E-state index in [0.29, 0.717) is 5.82 Å². The second-order valence-corrected chi connectivity index (χ2v) is 4.08. The smallest absolute Gasteiger partial charge is 0.142 e. The molecule has 2 rings (SSSR count). The van der Waals surface area contributed by atoms with Gasteiger partial charge in [0.25, 0.3) is 0 Å². The van der Waals surface area contributed by atoms with Gasteiger partial charge >= 0.3 is 0 Å². The Balaban J connectivity index is 2.50. The Hall–Kier alpha value is -2.41. The minimum Gasteiger partial charge on any atom is -0.496 e. The van der Waals surface area contributed by atoms with Crippen molar-refractivity contribution in [2.24, 2.45) is 0 Å². The number of nitrogens with zero attached hydrogens (tertiary/aromatic N) is 3. The van der Waals surface area contributed by atoms with Crippen LogP contribution in [0.2, 0.25) is 0 Å². The number of methoxy groups -OCH3 is 1. The molecule has 2 aromatic rings. The van der Waals surface area contributed by atoms with Gasteiger partial charge in [-0.05, 0) is 30.2 Å². The first-order valence-corrected chi connectivity index (χ1v) is 6.14. The second kappa shape index (κ2) is 5.96. The Morgan fingerprint density at radius 1 is 1.32 bits per heavy atom. The van der Waals surface area contributed by atoms with Gasteiger partial charge < -0.3 is 4.74 Å². The lowest BCUT2D eigenvalue weighted by Gasteiger charge is -2.10. The molecule has 0 unspecified atom stereocenters. The number of aryl methyl sites for hydroxylation is 1. The van der Waals surface area contributed by atoms with Gasteiger partial charge in [-0.1, -0.05) is 13.0 Å². The summed E-state index contributed by atoms with van der Waals surface area (Å²) in [4.78, 5) is 8.48. The SMILES string of the molecule is CCc1ccc(OC)c(-c2ccnc(CC#N)n2)c1. The van der Waals surface area contributed by atoms with Crippen LogP contribution in [0.15, 0.2) is 30.5 Å². The van der Waals surface area contributed by atoms with E-state index < -0.39 is 0 Å². The Bertz CT molecular complexity index is 617. The summed E-state index contributed by atoms with van der Waals surface area (Å²) < 4.78 is 5.37. The third kappa shape index (κ3) is 2.89. The van der Waals surface area contributed by atoms with Crippen molar-refractivity contribution in [1.29, 1.82) is 5.26 Å². The summed E-state index contributed by atoms with van der Waals surface area (Å²) >= 11 is 0. The highest BCUT2D eigenvalue weighted by Crippen LogP contribution is 2.29. The number of aromatic nitrogens is 2. The molecule has 0 fully saturated rings. The quantitative estimate of drug-likeness (QED) is 0.840. The molecule has 0 aliphatic carbocycles. The Morgan fingerprint density at radius 2 is 2.16 bits per heavy atom. The predicted molar refractivity (Wildman–Crippen MR) is 72.7 cm³/mol. The summed E-state index contributed by atoms with van der Waals surface area (Å²) in [6.07, 6.45) is 2.84. The van der Waals surface area contributed by atoms with Gasteiger partial charge in [-0.3, -0.25) is 0 Å². The molecule has 1 aromatic carbocycles. The molecule has 1 heterocycles. The van der Waals surface area contributed by atoms with Crippen LogP contribution in [0.3, 0.4) is 0 Å². The molecule has 1 aromatic heterocycles. The van der Waals surface area contributed by atoms with Crippen molar-refractivity contribution in [2.75, 3.05) is 7.11 Å². The largest absolute Gasteiger partial charge is 0.496 e. The van der Waals surface area contributed by atoms with Crippen LogP contribution in [0, 0.1) is 11.3 Å². The highest BCUT2D eigenvalue weighted by atomic mass is 16.5. The van der Waals surface area contributed by atoms with E-state index in [-0.39, 0.29) is 6.42 Å². The van der Waals surface area contributed by atoms with E-state index in [0.717, 1.165) is 23.4 Å². The average molecular weight is 253 g/mol. The van der Waals surface area contributed by atoms with Crippen molar-refractivity contribution >= 4 is 0 Å². The number of hydrogen-bond donors (Lipinski definition) is 0. The van der Waals surface area contributed by atoms with Crippen molar-refractivity contribution in [3.8, 4) is 23.1 Å². The van der Waals surface area contributed by atoms with Crippen LogP contribution in [0.5, 0.6) is 5.75 Å². The van der Waals surface area contributed by atoms with Crippen LogP contribution in [-0.2, 0) is 12.8 Å². The lowest BCUT2D eigenvalue weighted by molar-refractivity contribution is 0.416. The zero-order valence-corrected chi connectivity index (χ0v) is 11.1. The standard InChI is InChI=1S/C15H15N3O/c1-3-11-4-5-14(19-2)12(10-11)13-7-9-17-15(18-13)6-8-16/h4-5,7,9-10H,3,6H2,1-2H3. The zero-order chi connectivity index (χ0) is 13.7. The molecule has 0 aliphatic rings. The first kappa shape index (κ1) is 13.0. The van der Waals surface area contributed by atoms with E-state index in [1.807, 2.05) is 18.2 Å². The van der Waals surface area contributed by atoms with Crippen LogP contribution >= 0.6 is 0 Å². The maximum Gasteiger partial charge on any atom is 0.142 e. The molecular weight excluding hydrogens is 238 g/mol. The maximum absolute atomic E-state index is 8.71. The van der Waals surface area contributed by atoms with Crippen molar-refractivity contribution in [2.45, 2.75) is 19.8 Å². The normalized spacial score (nSPS) is 9.95.